The first-order valence-electron chi connectivity index (χ1n) is 5.51. The molecule has 0 aliphatic rings. The van der Waals surface area contributed by atoms with Gasteiger partial charge in [0, 0.05) is 12.1 Å². The number of carbonyl (C=O) groups excluding carboxylic acids is 1. The summed E-state index contributed by atoms with van der Waals surface area (Å²) in [5.41, 5.74) is -0.305. The van der Waals surface area contributed by atoms with Gasteiger partial charge in [-0.25, -0.2) is 0 Å². The highest BCUT2D eigenvalue weighted by molar-refractivity contribution is 5.72. The Balaban J connectivity index is 3.98. The van der Waals surface area contributed by atoms with Gasteiger partial charge in [0.2, 0.25) is 0 Å². The molecular formula is C11H23NO3. The Hall–Kier alpha value is -0.610. The maximum absolute atomic E-state index is 11.3. The molecule has 0 heterocycles. The number of aliphatic hydroxyl groups is 1. The summed E-state index contributed by atoms with van der Waals surface area (Å²) in [7, 11) is 0. The van der Waals surface area contributed by atoms with Gasteiger partial charge < -0.3 is 15.2 Å². The molecule has 0 radical (unpaired) electrons. The quantitative estimate of drug-likeness (QED) is 0.623. The molecule has 0 aliphatic heterocycles. The van der Waals surface area contributed by atoms with Gasteiger partial charge in [-0.15, -0.1) is 0 Å². The summed E-state index contributed by atoms with van der Waals surface area (Å²) in [6.45, 7) is 8.56. The van der Waals surface area contributed by atoms with Crippen LogP contribution in [0.25, 0.3) is 0 Å². The lowest BCUT2D eigenvalue weighted by atomic mass is 9.99. The van der Waals surface area contributed by atoms with E-state index >= 15 is 0 Å². The van der Waals surface area contributed by atoms with Crippen LogP contribution in [0.2, 0.25) is 0 Å². The Morgan fingerprint density at radius 1 is 1.53 bits per heavy atom. The van der Waals surface area contributed by atoms with E-state index in [2.05, 4.69) is 5.32 Å². The Morgan fingerprint density at radius 3 is 2.53 bits per heavy atom. The van der Waals surface area contributed by atoms with Gasteiger partial charge in [-0.3, -0.25) is 4.79 Å². The van der Waals surface area contributed by atoms with Crippen molar-refractivity contribution in [2.75, 3.05) is 19.8 Å². The third kappa shape index (κ3) is 5.14. The second-order valence-corrected chi connectivity index (χ2v) is 4.11. The Kier molecular flexibility index (Phi) is 6.52. The van der Waals surface area contributed by atoms with Crippen molar-refractivity contribution in [2.45, 2.75) is 39.7 Å². The normalized spacial score (nSPS) is 16.9. The van der Waals surface area contributed by atoms with Gasteiger partial charge in [0.05, 0.1) is 19.1 Å². The van der Waals surface area contributed by atoms with Crippen LogP contribution >= 0.6 is 0 Å². The second-order valence-electron chi connectivity index (χ2n) is 4.11. The van der Waals surface area contributed by atoms with Crippen molar-refractivity contribution in [3.8, 4) is 0 Å². The Morgan fingerprint density at radius 2 is 2.13 bits per heavy atom. The standard InChI is InChI=1S/C11H23NO3/c1-5-11(4,8-13)12-7-9(3)10(14)15-6-2/h9,12-13H,5-8H2,1-4H3. The Bertz CT molecular complexity index is 190. The van der Waals surface area contributed by atoms with E-state index in [9.17, 15) is 4.79 Å². The number of hydrogen-bond acceptors (Lipinski definition) is 4. The molecule has 2 N–H and O–H groups in total. The monoisotopic (exact) mass is 217 g/mol. The summed E-state index contributed by atoms with van der Waals surface area (Å²) in [5.74, 6) is -0.372. The van der Waals surface area contributed by atoms with Gasteiger partial charge >= 0.3 is 5.97 Å². The van der Waals surface area contributed by atoms with Crippen LogP contribution in [0.5, 0.6) is 0 Å². The highest BCUT2D eigenvalue weighted by atomic mass is 16.5. The first-order chi connectivity index (χ1) is 6.99. The highest BCUT2D eigenvalue weighted by Crippen LogP contribution is 2.08. The fourth-order valence-corrected chi connectivity index (χ4v) is 1.06. The minimum atomic E-state index is -0.305. The fourth-order valence-electron chi connectivity index (χ4n) is 1.06. The first-order valence-corrected chi connectivity index (χ1v) is 5.51. The topological polar surface area (TPSA) is 58.6 Å². The maximum atomic E-state index is 11.3. The van der Waals surface area contributed by atoms with Gasteiger partial charge in [0.15, 0.2) is 0 Å². The van der Waals surface area contributed by atoms with E-state index in [1.807, 2.05) is 20.8 Å². The second kappa shape index (κ2) is 6.80. The van der Waals surface area contributed by atoms with Gasteiger partial charge in [-0.1, -0.05) is 13.8 Å². The molecule has 0 rings (SSSR count). The zero-order valence-electron chi connectivity index (χ0n) is 10.2. The lowest BCUT2D eigenvalue weighted by Gasteiger charge is -2.28. The molecule has 0 bridgehead atoms. The molecule has 0 aromatic carbocycles. The number of hydrogen-bond donors (Lipinski definition) is 2. The first kappa shape index (κ1) is 14.4. The van der Waals surface area contributed by atoms with Crippen LogP contribution in [0.4, 0.5) is 0 Å². The molecule has 15 heavy (non-hydrogen) atoms. The molecule has 4 heteroatoms. The van der Waals surface area contributed by atoms with Crippen LogP contribution in [0, 0.1) is 5.92 Å². The van der Waals surface area contributed by atoms with Crippen molar-refractivity contribution in [1.29, 1.82) is 0 Å². The molecule has 0 aromatic rings. The van der Waals surface area contributed by atoms with E-state index in [0.717, 1.165) is 6.42 Å². The molecule has 0 saturated heterocycles. The van der Waals surface area contributed by atoms with Gasteiger partial charge in [0.1, 0.15) is 0 Å². The summed E-state index contributed by atoms with van der Waals surface area (Å²) in [6, 6.07) is 0. The fraction of sp³-hybridized carbons (Fsp3) is 0.909. The van der Waals surface area contributed by atoms with Crippen LogP contribution in [0.3, 0.4) is 0 Å². The van der Waals surface area contributed by atoms with Crippen molar-refractivity contribution in [3.05, 3.63) is 0 Å². The zero-order valence-corrected chi connectivity index (χ0v) is 10.2. The van der Waals surface area contributed by atoms with E-state index in [-0.39, 0.29) is 24.0 Å². The van der Waals surface area contributed by atoms with E-state index in [0.29, 0.717) is 13.2 Å². The van der Waals surface area contributed by atoms with Crippen LogP contribution in [-0.4, -0.2) is 36.4 Å². The number of esters is 1. The van der Waals surface area contributed by atoms with Gasteiger partial charge in [-0.05, 0) is 20.3 Å². The average molecular weight is 217 g/mol. The third-order valence-corrected chi connectivity index (χ3v) is 2.65. The SMILES string of the molecule is CCOC(=O)C(C)CNC(C)(CC)CO. The van der Waals surface area contributed by atoms with Crippen molar-refractivity contribution in [3.63, 3.8) is 0 Å². The van der Waals surface area contributed by atoms with Crippen molar-refractivity contribution in [1.82, 2.24) is 5.32 Å². The number of nitrogens with one attached hydrogen (secondary N) is 1. The molecule has 2 unspecified atom stereocenters. The lowest BCUT2D eigenvalue weighted by Crippen LogP contribution is -2.47. The highest BCUT2D eigenvalue weighted by Gasteiger charge is 2.23. The molecule has 4 nitrogen and oxygen atoms in total. The van der Waals surface area contributed by atoms with Crippen LogP contribution in [0.1, 0.15) is 34.1 Å². The van der Waals surface area contributed by atoms with Gasteiger partial charge in [0.25, 0.3) is 0 Å². The van der Waals surface area contributed by atoms with Crippen molar-refractivity contribution < 1.29 is 14.6 Å². The third-order valence-electron chi connectivity index (χ3n) is 2.65. The molecule has 0 fully saturated rings. The lowest BCUT2D eigenvalue weighted by molar-refractivity contribution is -0.147. The summed E-state index contributed by atoms with van der Waals surface area (Å²) in [6.07, 6.45) is 0.818. The van der Waals surface area contributed by atoms with E-state index in [1.165, 1.54) is 0 Å². The smallest absolute Gasteiger partial charge is 0.309 e. The van der Waals surface area contributed by atoms with Gasteiger partial charge in [-0.2, -0.15) is 0 Å². The molecule has 90 valence electrons. The molecular weight excluding hydrogens is 194 g/mol. The molecule has 0 aliphatic carbocycles. The average Bonchev–Trinajstić information content (AvgIpc) is 2.25. The van der Waals surface area contributed by atoms with E-state index in [4.69, 9.17) is 9.84 Å². The Labute approximate surface area is 92.0 Å². The van der Waals surface area contributed by atoms with Crippen molar-refractivity contribution >= 4 is 5.97 Å². The predicted octanol–water partition coefficient (Wildman–Crippen LogP) is 0.936. The van der Waals surface area contributed by atoms with Crippen molar-refractivity contribution in [2.24, 2.45) is 5.92 Å². The summed E-state index contributed by atoms with van der Waals surface area (Å²) in [5, 5.41) is 12.3. The zero-order chi connectivity index (χ0) is 11.9. The number of rotatable bonds is 7. The molecule has 0 spiro atoms. The molecule has 0 aromatic heterocycles. The largest absolute Gasteiger partial charge is 0.466 e. The van der Waals surface area contributed by atoms with Crippen LogP contribution in [-0.2, 0) is 9.53 Å². The molecule has 2 atom stereocenters. The van der Waals surface area contributed by atoms with E-state index in [1.54, 1.807) is 6.92 Å². The number of carbonyl (C=O) groups is 1. The maximum Gasteiger partial charge on any atom is 0.309 e. The summed E-state index contributed by atoms with van der Waals surface area (Å²) < 4.78 is 4.89. The predicted molar refractivity (Wildman–Crippen MR) is 59.6 cm³/mol. The van der Waals surface area contributed by atoms with E-state index < -0.39 is 0 Å². The number of aliphatic hydroxyl groups excluding tert-OH is 1. The minimum absolute atomic E-state index is 0.0685. The number of ether oxygens (including phenoxy) is 1. The van der Waals surface area contributed by atoms with Crippen LogP contribution < -0.4 is 5.32 Å². The van der Waals surface area contributed by atoms with Crippen LogP contribution in [0.15, 0.2) is 0 Å². The summed E-state index contributed by atoms with van der Waals surface area (Å²) in [4.78, 5) is 11.3. The minimum Gasteiger partial charge on any atom is -0.466 e. The molecule has 0 amide bonds. The summed E-state index contributed by atoms with van der Waals surface area (Å²) >= 11 is 0. The molecule has 0 saturated carbocycles.